The molecule has 0 unspecified atom stereocenters. The molecule has 6 heteroatoms. The van der Waals surface area contributed by atoms with Crippen molar-refractivity contribution in [2.75, 3.05) is 5.43 Å². The van der Waals surface area contributed by atoms with E-state index in [-0.39, 0.29) is 6.61 Å². The molecule has 94 valence electrons. The van der Waals surface area contributed by atoms with Crippen molar-refractivity contribution in [1.29, 1.82) is 0 Å². The summed E-state index contributed by atoms with van der Waals surface area (Å²) in [5.74, 6) is 5.84. The number of hydrogen-bond acceptors (Lipinski definition) is 4. The molecule has 0 spiro atoms. The van der Waals surface area contributed by atoms with Gasteiger partial charge in [-0.25, -0.2) is 0 Å². The average Bonchev–Trinajstić information content (AvgIpc) is 2.40. The van der Waals surface area contributed by atoms with Crippen LogP contribution in [0.3, 0.4) is 0 Å². The third-order valence-corrected chi connectivity index (χ3v) is 2.80. The van der Waals surface area contributed by atoms with Crippen LogP contribution in [0.5, 0.6) is 5.75 Å². The van der Waals surface area contributed by atoms with Gasteiger partial charge in [0.25, 0.3) is 0 Å². The fourth-order valence-corrected chi connectivity index (χ4v) is 1.72. The molecule has 0 saturated carbocycles. The molecule has 1 heterocycles. The summed E-state index contributed by atoms with van der Waals surface area (Å²) in [6.07, 6.45) is 1.65. The van der Waals surface area contributed by atoms with Crippen molar-refractivity contribution in [2.24, 2.45) is 5.84 Å². The lowest BCUT2D eigenvalue weighted by molar-refractivity contribution is 0.301. The second-order valence-corrected chi connectivity index (χ2v) is 4.39. The lowest BCUT2D eigenvalue weighted by atomic mass is 10.3. The van der Waals surface area contributed by atoms with Gasteiger partial charge in [-0.3, -0.25) is 10.8 Å². The van der Waals surface area contributed by atoms with E-state index in [1.54, 1.807) is 36.5 Å². The topological polar surface area (TPSA) is 60.2 Å². The van der Waals surface area contributed by atoms with Crippen molar-refractivity contribution in [3.05, 3.63) is 52.3 Å². The number of nitrogens with one attached hydrogen (secondary N) is 1. The zero-order valence-electron chi connectivity index (χ0n) is 9.36. The van der Waals surface area contributed by atoms with Crippen LogP contribution in [-0.2, 0) is 6.61 Å². The molecule has 0 aliphatic rings. The Hall–Kier alpha value is -1.49. The van der Waals surface area contributed by atoms with Gasteiger partial charge in [-0.1, -0.05) is 23.2 Å². The number of hydrazine groups is 1. The maximum atomic E-state index is 5.98. The van der Waals surface area contributed by atoms with E-state index in [2.05, 4.69) is 10.4 Å². The number of nitrogens with zero attached hydrogens (tertiary/aromatic N) is 1. The summed E-state index contributed by atoms with van der Waals surface area (Å²) in [5, 5.41) is 1.08. The minimum absolute atomic E-state index is 0.287. The molecule has 0 amide bonds. The van der Waals surface area contributed by atoms with Crippen molar-refractivity contribution in [3.63, 3.8) is 0 Å². The van der Waals surface area contributed by atoms with Gasteiger partial charge in [0.1, 0.15) is 12.4 Å². The average molecular weight is 284 g/mol. The van der Waals surface area contributed by atoms with Crippen LogP contribution in [0.4, 0.5) is 5.69 Å². The number of aromatic nitrogens is 1. The lowest BCUT2D eigenvalue weighted by Crippen LogP contribution is -2.08. The van der Waals surface area contributed by atoms with Crippen molar-refractivity contribution in [2.45, 2.75) is 6.61 Å². The molecule has 0 bridgehead atoms. The molecular weight excluding hydrogens is 273 g/mol. The van der Waals surface area contributed by atoms with Gasteiger partial charge in [0, 0.05) is 17.3 Å². The van der Waals surface area contributed by atoms with E-state index in [1.807, 2.05) is 0 Å². The SMILES string of the molecule is NNc1ccnc(COc2cc(Cl)ccc2Cl)c1. The second kappa shape index (κ2) is 5.91. The van der Waals surface area contributed by atoms with Gasteiger partial charge < -0.3 is 10.2 Å². The Morgan fingerprint density at radius 2 is 2.06 bits per heavy atom. The summed E-state index contributed by atoms with van der Waals surface area (Å²) in [6, 6.07) is 8.60. The minimum atomic E-state index is 0.287. The van der Waals surface area contributed by atoms with Crippen LogP contribution in [0.1, 0.15) is 5.69 Å². The third-order valence-electron chi connectivity index (χ3n) is 2.25. The Kier molecular flexibility index (Phi) is 4.25. The molecule has 0 aliphatic heterocycles. The van der Waals surface area contributed by atoms with Crippen LogP contribution in [0.25, 0.3) is 0 Å². The summed E-state index contributed by atoms with van der Waals surface area (Å²) in [7, 11) is 0. The van der Waals surface area contributed by atoms with Gasteiger partial charge in [-0.15, -0.1) is 0 Å². The number of ether oxygens (including phenoxy) is 1. The predicted molar refractivity (Wildman–Crippen MR) is 72.8 cm³/mol. The molecule has 18 heavy (non-hydrogen) atoms. The monoisotopic (exact) mass is 283 g/mol. The van der Waals surface area contributed by atoms with Gasteiger partial charge in [0.05, 0.1) is 16.4 Å². The maximum absolute atomic E-state index is 5.98. The number of benzene rings is 1. The molecule has 0 fully saturated rings. The highest BCUT2D eigenvalue weighted by atomic mass is 35.5. The molecule has 0 atom stereocenters. The van der Waals surface area contributed by atoms with Crippen molar-refractivity contribution in [1.82, 2.24) is 4.98 Å². The minimum Gasteiger partial charge on any atom is -0.486 e. The number of hydrogen-bond donors (Lipinski definition) is 2. The molecule has 4 nitrogen and oxygen atoms in total. The van der Waals surface area contributed by atoms with Crippen LogP contribution in [0, 0.1) is 0 Å². The summed E-state index contributed by atoms with van der Waals surface area (Å²) in [4.78, 5) is 4.16. The van der Waals surface area contributed by atoms with E-state index in [0.717, 1.165) is 11.4 Å². The molecule has 2 aromatic rings. The van der Waals surface area contributed by atoms with Gasteiger partial charge in [0.15, 0.2) is 0 Å². The fourth-order valence-electron chi connectivity index (χ4n) is 1.39. The highest BCUT2D eigenvalue weighted by Crippen LogP contribution is 2.28. The van der Waals surface area contributed by atoms with Crippen LogP contribution < -0.4 is 16.0 Å². The highest BCUT2D eigenvalue weighted by Gasteiger charge is 2.04. The van der Waals surface area contributed by atoms with Crippen molar-refractivity contribution >= 4 is 28.9 Å². The first kappa shape index (κ1) is 13.0. The summed E-state index contributed by atoms with van der Waals surface area (Å²) >= 11 is 11.9. The lowest BCUT2D eigenvalue weighted by Gasteiger charge is -2.08. The van der Waals surface area contributed by atoms with E-state index in [4.69, 9.17) is 33.8 Å². The molecule has 3 N–H and O–H groups in total. The molecule has 1 aromatic carbocycles. The van der Waals surface area contributed by atoms with Crippen LogP contribution in [0.2, 0.25) is 10.0 Å². The van der Waals surface area contributed by atoms with Gasteiger partial charge >= 0.3 is 0 Å². The summed E-state index contributed by atoms with van der Waals surface area (Å²) < 4.78 is 5.56. The maximum Gasteiger partial charge on any atom is 0.139 e. The number of nitrogen functional groups attached to an aromatic ring is 1. The normalized spacial score (nSPS) is 10.2. The van der Waals surface area contributed by atoms with Crippen LogP contribution in [0.15, 0.2) is 36.5 Å². The highest BCUT2D eigenvalue weighted by molar-refractivity contribution is 6.34. The third kappa shape index (κ3) is 3.26. The zero-order chi connectivity index (χ0) is 13.0. The van der Waals surface area contributed by atoms with Gasteiger partial charge in [-0.05, 0) is 24.3 Å². The Morgan fingerprint density at radius 3 is 2.83 bits per heavy atom. The first-order valence-electron chi connectivity index (χ1n) is 5.18. The predicted octanol–water partition coefficient (Wildman–Crippen LogP) is 3.25. The molecule has 1 aromatic heterocycles. The Labute approximate surface area is 115 Å². The Bertz CT molecular complexity index is 549. The standard InChI is InChI=1S/C12H11Cl2N3O/c13-8-1-2-11(14)12(5-8)18-7-10-6-9(17-15)3-4-16-10/h1-6H,7,15H2,(H,16,17). The zero-order valence-corrected chi connectivity index (χ0v) is 10.9. The molecule has 0 aliphatic carbocycles. The van der Waals surface area contributed by atoms with Crippen LogP contribution in [-0.4, -0.2) is 4.98 Å². The van der Waals surface area contributed by atoms with E-state index in [1.165, 1.54) is 0 Å². The second-order valence-electron chi connectivity index (χ2n) is 3.54. The molecule has 2 rings (SSSR count). The first-order chi connectivity index (χ1) is 8.69. The first-order valence-corrected chi connectivity index (χ1v) is 5.94. The van der Waals surface area contributed by atoms with E-state index in [0.29, 0.717) is 15.8 Å². The molecule has 0 saturated heterocycles. The van der Waals surface area contributed by atoms with Crippen LogP contribution >= 0.6 is 23.2 Å². The van der Waals surface area contributed by atoms with Crippen molar-refractivity contribution < 1.29 is 4.74 Å². The number of pyridine rings is 1. The van der Waals surface area contributed by atoms with Crippen molar-refractivity contribution in [3.8, 4) is 5.75 Å². The largest absolute Gasteiger partial charge is 0.486 e. The van der Waals surface area contributed by atoms with E-state index >= 15 is 0 Å². The Balaban J connectivity index is 2.08. The van der Waals surface area contributed by atoms with Gasteiger partial charge in [0.2, 0.25) is 0 Å². The molecule has 0 radical (unpaired) electrons. The number of anilines is 1. The van der Waals surface area contributed by atoms with E-state index in [9.17, 15) is 0 Å². The number of halogens is 2. The number of nitrogens with two attached hydrogens (primary N) is 1. The Morgan fingerprint density at radius 1 is 1.22 bits per heavy atom. The smallest absolute Gasteiger partial charge is 0.139 e. The number of rotatable bonds is 4. The summed E-state index contributed by atoms with van der Waals surface area (Å²) in [5.41, 5.74) is 4.05. The fraction of sp³-hybridized carbons (Fsp3) is 0.0833. The van der Waals surface area contributed by atoms with Gasteiger partial charge in [-0.2, -0.15) is 0 Å². The quantitative estimate of drug-likeness (QED) is 0.668. The van der Waals surface area contributed by atoms with E-state index < -0.39 is 0 Å². The molecular formula is C12H11Cl2N3O. The summed E-state index contributed by atoms with van der Waals surface area (Å²) in [6.45, 7) is 0.287.